The molecule has 0 heterocycles. The van der Waals surface area contributed by atoms with Crippen LogP contribution in [-0.2, 0) is 11.3 Å². The highest BCUT2D eigenvalue weighted by Crippen LogP contribution is 2.16. The van der Waals surface area contributed by atoms with E-state index in [0.29, 0.717) is 17.9 Å². The fraction of sp³-hybridized carbons (Fsp3) is 0.400. The summed E-state index contributed by atoms with van der Waals surface area (Å²) in [6.07, 6.45) is 0. The molecule has 0 aliphatic carbocycles. The summed E-state index contributed by atoms with van der Waals surface area (Å²) in [7, 11) is 0. The summed E-state index contributed by atoms with van der Waals surface area (Å²) in [6, 6.07) is 4.08. The molecule has 0 aliphatic heterocycles. The zero-order chi connectivity index (χ0) is 10.4. The van der Waals surface area contributed by atoms with E-state index in [1.807, 2.05) is 6.92 Å². The Kier molecular flexibility index (Phi) is 4.35. The summed E-state index contributed by atoms with van der Waals surface area (Å²) in [5.74, 6) is -0.0643. The highest BCUT2D eigenvalue weighted by atomic mass is 19.1. The molecule has 78 valence electrons. The zero-order valence-corrected chi connectivity index (χ0v) is 8.00. The van der Waals surface area contributed by atoms with E-state index in [2.05, 4.69) is 0 Å². The topological polar surface area (TPSA) is 38.7 Å². The van der Waals surface area contributed by atoms with Crippen LogP contribution < -0.4 is 4.74 Å². The van der Waals surface area contributed by atoms with Crippen LogP contribution >= 0.6 is 0 Å². The van der Waals surface area contributed by atoms with Crippen LogP contribution in [0.25, 0.3) is 0 Å². The summed E-state index contributed by atoms with van der Waals surface area (Å²) >= 11 is 0. The number of halogens is 1. The second-order valence-electron chi connectivity index (χ2n) is 2.71. The SMILES string of the molecule is CCOCOc1cc(F)cc(CO)c1. The molecule has 14 heavy (non-hydrogen) atoms. The van der Waals surface area contributed by atoms with Gasteiger partial charge in [-0.15, -0.1) is 0 Å². The Morgan fingerprint density at radius 2 is 2.14 bits per heavy atom. The van der Waals surface area contributed by atoms with Gasteiger partial charge in [0.1, 0.15) is 11.6 Å². The van der Waals surface area contributed by atoms with Crippen LogP contribution in [0.4, 0.5) is 4.39 Å². The lowest BCUT2D eigenvalue weighted by Crippen LogP contribution is -2.02. The van der Waals surface area contributed by atoms with Crippen LogP contribution in [0.15, 0.2) is 18.2 Å². The van der Waals surface area contributed by atoms with Gasteiger partial charge in [0.05, 0.1) is 6.61 Å². The van der Waals surface area contributed by atoms with Crippen molar-refractivity contribution in [2.45, 2.75) is 13.5 Å². The van der Waals surface area contributed by atoms with Gasteiger partial charge in [0.2, 0.25) is 0 Å². The summed E-state index contributed by atoms with van der Waals surface area (Å²) in [5, 5.41) is 8.80. The molecule has 0 bridgehead atoms. The first-order valence-corrected chi connectivity index (χ1v) is 4.37. The molecule has 0 saturated carbocycles. The van der Waals surface area contributed by atoms with Crippen molar-refractivity contribution in [1.29, 1.82) is 0 Å². The minimum Gasteiger partial charge on any atom is -0.467 e. The van der Waals surface area contributed by atoms with Gasteiger partial charge in [0.15, 0.2) is 6.79 Å². The lowest BCUT2D eigenvalue weighted by molar-refractivity contribution is 0.0221. The van der Waals surface area contributed by atoms with E-state index in [1.165, 1.54) is 12.1 Å². The van der Waals surface area contributed by atoms with Crippen LogP contribution in [0.5, 0.6) is 5.75 Å². The molecule has 0 aliphatic rings. The van der Waals surface area contributed by atoms with Crippen molar-refractivity contribution in [1.82, 2.24) is 0 Å². The fourth-order valence-corrected chi connectivity index (χ4v) is 0.988. The second-order valence-corrected chi connectivity index (χ2v) is 2.71. The first-order valence-electron chi connectivity index (χ1n) is 4.37. The maximum absolute atomic E-state index is 12.9. The molecule has 1 aromatic rings. The van der Waals surface area contributed by atoms with Gasteiger partial charge in [-0.2, -0.15) is 0 Å². The molecule has 1 rings (SSSR count). The molecule has 0 spiro atoms. The third kappa shape index (κ3) is 3.32. The Bertz CT molecular complexity index is 289. The standard InChI is InChI=1S/C10H13FO3/c1-2-13-7-14-10-4-8(6-12)3-9(11)5-10/h3-5,12H,2,6-7H2,1H3. The molecule has 0 saturated heterocycles. The van der Waals surface area contributed by atoms with Crippen molar-refractivity contribution in [3.8, 4) is 5.75 Å². The lowest BCUT2D eigenvalue weighted by atomic mass is 10.2. The van der Waals surface area contributed by atoms with Crippen LogP contribution in [0.2, 0.25) is 0 Å². The van der Waals surface area contributed by atoms with Gasteiger partial charge in [-0.25, -0.2) is 4.39 Å². The predicted molar refractivity (Wildman–Crippen MR) is 49.4 cm³/mol. The van der Waals surface area contributed by atoms with E-state index in [-0.39, 0.29) is 13.4 Å². The molecule has 0 unspecified atom stereocenters. The van der Waals surface area contributed by atoms with E-state index in [1.54, 1.807) is 6.07 Å². The van der Waals surface area contributed by atoms with Gasteiger partial charge in [-0.1, -0.05) is 0 Å². The quantitative estimate of drug-likeness (QED) is 0.580. The third-order valence-electron chi connectivity index (χ3n) is 1.63. The van der Waals surface area contributed by atoms with Gasteiger partial charge < -0.3 is 14.6 Å². The average Bonchev–Trinajstić information content (AvgIpc) is 2.17. The largest absolute Gasteiger partial charge is 0.467 e. The van der Waals surface area contributed by atoms with Crippen molar-refractivity contribution >= 4 is 0 Å². The van der Waals surface area contributed by atoms with Crippen LogP contribution in [0.3, 0.4) is 0 Å². The zero-order valence-electron chi connectivity index (χ0n) is 8.00. The number of hydrogen-bond acceptors (Lipinski definition) is 3. The smallest absolute Gasteiger partial charge is 0.189 e. The van der Waals surface area contributed by atoms with Crippen molar-refractivity contribution in [2.24, 2.45) is 0 Å². The number of ether oxygens (including phenoxy) is 2. The first kappa shape index (κ1) is 10.9. The predicted octanol–water partition coefficient (Wildman–Crippen LogP) is 1.69. The van der Waals surface area contributed by atoms with Gasteiger partial charge in [-0.3, -0.25) is 0 Å². The summed E-state index contributed by atoms with van der Waals surface area (Å²) in [4.78, 5) is 0. The third-order valence-corrected chi connectivity index (χ3v) is 1.63. The van der Waals surface area contributed by atoms with Gasteiger partial charge in [0, 0.05) is 12.7 Å². The van der Waals surface area contributed by atoms with Crippen LogP contribution in [-0.4, -0.2) is 18.5 Å². The van der Waals surface area contributed by atoms with E-state index in [4.69, 9.17) is 14.6 Å². The van der Waals surface area contributed by atoms with Crippen LogP contribution in [0, 0.1) is 5.82 Å². The van der Waals surface area contributed by atoms with Crippen molar-refractivity contribution in [3.05, 3.63) is 29.6 Å². The van der Waals surface area contributed by atoms with E-state index < -0.39 is 5.82 Å². The molecule has 0 atom stereocenters. The molecule has 4 heteroatoms. The molecule has 1 N–H and O–H groups in total. The van der Waals surface area contributed by atoms with Crippen molar-refractivity contribution in [2.75, 3.05) is 13.4 Å². The Morgan fingerprint density at radius 1 is 1.36 bits per heavy atom. The summed E-state index contributed by atoms with van der Waals surface area (Å²) in [5.41, 5.74) is 0.483. The van der Waals surface area contributed by atoms with Gasteiger partial charge in [-0.05, 0) is 24.6 Å². The number of aliphatic hydroxyl groups is 1. The summed E-state index contributed by atoms with van der Waals surface area (Å²) < 4.78 is 22.9. The Balaban J connectivity index is 2.62. The van der Waals surface area contributed by atoms with E-state index in [9.17, 15) is 4.39 Å². The molecule has 3 nitrogen and oxygen atoms in total. The molecular formula is C10H13FO3. The van der Waals surface area contributed by atoms with Gasteiger partial charge >= 0.3 is 0 Å². The summed E-state index contributed by atoms with van der Waals surface area (Å²) in [6.45, 7) is 2.27. The number of benzene rings is 1. The van der Waals surface area contributed by atoms with Crippen molar-refractivity contribution < 1.29 is 19.0 Å². The molecule has 0 fully saturated rings. The Labute approximate surface area is 82.1 Å². The van der Waals surface area contributed by atoms with Gasteiger partial charge in [0.25, 0.3) is 0 Å². The fourth-order valence-electron chi connectivity index (χ4n) is 0.988. The molecule has 1 aromatic carbocycles. The molecular weight excluding hydrogens is 187 g/mol. The minimum absolute atomic E-state index is 0.0881. The van der Waals surface area contributed by atoms with E-state index in [0.717, 1.165) is 0 Å². The Morgan fingerprint density at radius 3 is 2.79 bits per heavy atom. The molecule has 0 amide bonds. The highest BCUT2D eigenvalue weighted by molar-refractivity contribution is 5.29. The highest BCUT2D eigenvalue weighted by Gasteiger charge is 2.00. The first-order chi connectivity index (χ1) is 6.76. The average molecular weight is 200 g/mol. The Hall–Kier alpha value is -1.13. The van der Waals surface area contributed by atoms with Crippen LogP contribution in [0.1, 0.15) is 12.5 Å². The maximum Gasteiger partial charge on any atom is 0.189 e. The molecule has 0 radical (unpaired) electrons. The van der Waals surface area contributed by atoms with Crippen molar-refractivity contribution in [3.63, 3.8) is 0 Å². The normalized spacial score (nSPS) is 10.2. The van der Waals surface area contributed by atoms with E-state index >= 15 is 0 Å². The number of rotatable bonds is 5. The number of hydrogen-bond donors (Lipinski definition) is 1. The second kappa shape index (κ2) is 5.57. The lowest BCUT2D eigenvalue weighted by Gasteiger charge is -2.07. The maximum atomic E-state index is 12.9. The minimum atomic E-state index is -0.428. The monoisotopic (exact) mass is 200 g/mol. The molecule has 0 aromatic heterocycles. The number of aliphatic hydroxyl groups excluding tert-OH is 1.